The second-order valence-corrected chi connectivity index (χ2v) is 4.39. The quantitative estimate of drug-likeness (QED) is 0.588. The number of benzene rings is 1. The zero-order valence-electron chi connectivity index (χ0n) is 13.6. The Labute approximate surface area is 127 Å². The van der Waals surface area contributed by atoms with Gasteiger partial charge < -0.3 is 10.1 Å². The van der Waals surface area contributed by atoms with Gasteiger partial charge in [0.15, 0.2) is 5.78 Å². The van der Waals surface area contributed by atoms with E-state index in [0.29, 0.717) is 18.4 Å². The van der Waals surface area contributed by atoms with Gasteiger partial charge in [-0.2, -0.15) is 0 Å². The number of ketones is 1. The molecular formula is C17H27NO3. The third kappa shape index (κ3) is 8.12. The normalized spacial score (nSPS) is 9.33. The average molecular weight is 293 g/mol. The summed E-state index contributed by atoms with van der Waals surface area (Å²) in [5.41, 5.74) is 0.715. The molecule has 1 N–H and O–H groups in total. The Hall–Kier alpha value is -1.84. The maximum absolute atomic E-state index is 11.9. The summed E-state index contributed by atoms with van der Waals surface area (Å²) in [7, 11) is 3.23. The van der Waals surface area contributed by atoms with Crippen LogP contribution in [0.5, 0.6) is 5.75 Å². The van der Waals surface area contributed by atoms with E-state index in [0.717, 1.165) is 25.0 Å². The highest BCUT2D eigenvalue weighted by molar-refractivity contribution is 5.96. The van der Waals surface area contributed by atoms with Crippen LogP contribution in [0.3, 0.4) is 0 Å². The van der Waals surface area contributed by atoms with E-state index < -0.39 is 0 Å². The predicted octanol–water partition coefficient (Wildman–Crippen LogP) is 3.60. The van der Waals surface area contributed by atoms with Gasteiger partial charge in [-0.1, -0.05) is 20.3 Å². The highest BCUT2D eigenvalue weighted by atomic mass is 16.5. The average Bonchev–Trinajstić information content (AvgIpc) is 2.56. The molecule has 1 rings (SSSR count). The molecule has 0 bridgehead atoms. The van der Waals surface area contributed by atoms with E-state index in [1.54, 1.807) is 38.4 Å². The standard InChI is InChI=1S/C15H21NO3.C2H6/c1-16-15(18)7-5-3-4-6-14(17)12-8-10-13(19-2)11-9-12;1-2/h8-11H,3-7H2,1-2H3,(H,16,18);1-2H3. The minimum absolute atomic E-state index is 0.0569. The molecule has 0 unspecified atom stereocenters. The van der Waals surface area contributed by atoms with Crippen molar-refractivity contribution < 1.29 is 14.3 Å². The Balaban J connectivity index is 0.00000191. The molecule has 1 aromatic carbocycles. The van der Waals surface area contributed by atoms with E-state index >= 15 is 0 Å². The van der Waals surface area contributed by atoms with Gasteiger partial charge in [0.05, 0.1) is 7.11 Å². The van der Waals surface area contributed by atoms with Gasteiger partial charge in [0, 0.05) is 25.5 Å². The summed E-state index contributed by atoms with van der Waals surface area (Å²) in [6.07, 6.45) is 3.61. The van der Waals surface area contributed by atoms with Crippen LogP contribution in [-0.4, -0.2) is 25.8 Å². The van der Waals surface area contributed by atoms with E-state index in [2.05, 4.69) is 5.32 Å². The van der Waals surface area contributed by atoms with Crippen molar-refractivity contribution in [1.29, 1.82) is 0 Å². The van der Waals surface area contributed by atoms with Gasteiger partial charge in [-0.3, -0.25) is 9.59 Å². The van der Waals surface area contributed by atoms with Gasteiger partial charge >= 0.3 is 0 Å². The van der Waals surface area contributed by atoms with Crippen LogP contribution in [0.2, 0.25) is 0 Å². The smallest absolute Gasteiger partial charge is 0.219 e. The fourth-order valence-electron chi connectivity index (χ4n) is 1.79. The SMILES string of the molecule is CC.CNC(=O)CCCCCC(=O)c1ccc(OC)cc1. The Morgan fingerprint density at radius 2 is 1.57 bits per heavy atom. The van der Waals surface area contributed by atoms with Crippen LogP contribution in [-0.2, 0) is 4.79 Å². The first-order chi connectivity index (χ1) is 10.2. The summed E-state index contributed by atoms with van der Waals surface area (Å²) >= 11 is 0. The Bertz CT molecular complexity index is 413. The van der Waals surface area contributed by atoms with Crippen LogP contribution in [0.15, 0.2) is 24.3 Å². The van der Waals surface area contributed by atoms with Gasteiger partial charge in [-0.15, -0.1) is 0 Å². The molecule has 0 aromatic heterocycles. The Morgan fingerprint density at radius 3 is 2.10 bits per heavy atom. The Kier molecular flexibility index (Phi) is 10.9. The number of ether oxygens (including phenoxy) is 1. The highest BCUT2D eigenvalue weighted by Gasteiger charge is 2.06. The van der Waals surface area contributed by atoms with E-state index in [4.69, 9.17) is 4.74 Å². The largest absolute Gasteiger partial charge is 0.497 e. The predicted molar refractivity (Wildman–Crippen MR) is 85.8 cm³/mol. The second kappa shape index (κ2) is 11.9. The molecule has 21 heavy (non-hydrogen) atoms. The summed E-state index contributed by atoms with van der Waals surface area (Å²) in [6, 6.07) is 7.15. The van der Waals surface area contributed by atoms with Crippen molar-refractivity contribution in [3.05, 3.63) is 29.8 Å². The molecule has 1 amide bonds. The van der Waals surface area contributed by atoms with Crippen LogP contribution in [0.25, 0.3) is 0 Å². The van der Waals surface area contributed by atoms with Gasteiger partial charge in [0.2, 0.25) is 5.91 Å². The third-order valence-electron chi connectivity index (χ3n) is 3.00. The van der Waals surface area contributed by atoms with Crippen molar-refractivity contribution in [3.8, 4) is 5.75 Å². The molecule has 0 fully saturated rings. The van der Waals surface area contributed by atoms with Crippen LogP contribution >= 0.6 is 0 Å². The summed E-state index contributed by atoms with van der Waals surface area (Å²) in [4.78, 5) is 22.9. The van der Waals surface area contributed by atoms with Gasteiger partial charge in [0.1, 0.15) is 5.75 Å². The first-order valence-corrected chi connectivity index (χ1v) is 7.55. The summed E-state index contributed by atoms with van der Waals surface area (Å²) in [5.74, 6) is 0.950. The monoisotopic (exact) mass is 293 g/mol. The molecule has 0 aliphatic heterocycles. The lowest BCUT2D eigenvalue weighted by atomic mass is 10.0. The highest BCUT2D eigenvalue weighted by Crippen LogP contribution is 2.14. The van der Waals surface area contributed by atoms with Crippen molar-refractivity contribution >= 4 is 11.7 Å². The van der Waals surface area contributed by atoms with Crippen molar-refractivity contribution in [2.24, 2.45) is 0 Å². The van der Waals surface area contributed by atoms with E-state index in [1.807, 2.05) is 13.8 Å². The summed E-state index contributed by atoms with van der Waals surface area (Å²) < 4.78 is 5.05. The molecule has 118 valence electrons. The fraction of sp³-hybridized carbons (Fsp3) is 0.529. The van der Waals surface area contributed by atoms with E-state index in [1.165, 1.54) is 0 Å². The lowest BCUT2D eigenvalue weighted by Crippen LogP contribution is -2.16. The zero-order valence-corrected chi connectivity index (χ0v) is 13.6. The van der Waals surface area contributed by atoms with Crippen LogP contribution in [0.1, 0.15) is 56.3 Å². The molecular weight excluding hydrogens is 266 g/mol. The summed E-state index contributed by atoms with van der Waals surface area (Å²) in [5, 5.41) is 2.58. The molecule has 0 saturated heterocycles. The minimum atomic E-state index is 0.0569. The molecule has 1 aromatic rings. The summed E-state index contributed by atoms with van der Waals surface area (Å²) in [6.45, 7) is 4.00. The second-order valence-electron chi connectivity index (χ2n) is 4.39. The number of carbonyl (C=O) groups is 2. The molecule has 4 heteroatoms. The zero-order chi connectivity index (χ0) is 16.1. The number of nitrogens with one attached hydrogen (secondary N) is 1. The van der Waals surface area contributed by atoms with Gasteiger partial charge in [0.25, 0.3) is 0 Å². The number of unbranched alkanes of at least 4 members (excludes halogenated alkanes) is 2. The molecule has 0 aliphatic carbocycles. The molecule has 0 radical (unpaired) electrons. The van der Waals surface area contributed by atoms with Crippen molar-refractivity contribution in [3.63, 3.8) is 0 Å². The Morgan fingerprint density at radius 1 is 1.00 bits per heavy atom. The number of hydrogen-bond acceptors (Lipinski definition) is 3. The van der Waals surface area contributed by atoms with E-state index in [-0.39, 0.29) is 11.7 Å². The topological polar surface area (TPSA) is 55.4 Å². The maximum Gasteiger partial charge on any atom is 0.219 e. The van der Waals surface area contributed by atoms with Crippen LogP contribution in [0.4, 0.5) is 0 Å². The van der Waals surface area contributed by atoms with Gasteiger partial charge in [-0.25, -0.2) is 0 Å². The lowest BCUT2D eigenvalue weighted by molar-refractivity contribution is -0.120. The lowest BCUT2D eigenvalue weighted by Gasteiger charge is -2.03. The van der Waals surface area contributed by atoms with Crippen molar-refractivity contribution in [2.45, 2.75) is 46.0 Å². The van der Waals surface area contributed by atoms with Gasteiger partial charge in [-0.05, 0) is 37.1 Å². The molecule has 0 aliphatic rings. The molecule has 4 nitrogen and oxygen atoms in total. The number of carbonyl (C=O) groups excluding carboxylic acids is 2. The first-order valence-electron chi connectivity index (χ1n) is 7.55. The molecule has 0 saturated carbocycles. The number of amides is 1. The minimum Gasteiger partial charge on any atom is -0.497 e. The number of methoxy groups -OCH3 is 1. The van der Waals surface area contributed by atoms with Crippen molar-refractivity contribution in [1.82, 2.24) is 5.32 Å². The van der Waals surface area contributed by atoms with Crippen molar-refractivity contribution in [2.75, 3.05) is 14.2 Å². The molecule has 0 atom stereocenters. The number of hydrogen-bond donors (Lipinski definition) is 1. The number of Topliss-reactive ketones (excluding diaryl/α,β-unsaturated/α-hetero) is 1. The fourth-order valence-corrected chi connectivity index (χ4v) is 1.79. The third-order valence-corrected chi connectivity index (χ3v) is 3.00. The van der Waals surface area contributed by atoms with E-state index in [9.17, 15) is 9.59 Å². The van der Waals surface area contributed by atoms with Crippen LogP contribution < -0.4 is 10.1 Å². The number of rotatable bonds is 8. The van der Waals surface area contributed by atoms with Crippen LogP contribution in [0, 0.1) is 0 Å². The molecule has 0 spiro atoms. The maximum atomic E-state index is 11.9. The first kappa shape index (κ1) is 19.2. The molecule has 0 heterocycles.